The summed E-state index contributed by atoms with van der Waals surface area (Å²) in [4.78, 5) is 57.6. The van der Waals surface area contributed by atoms with E-state index in [2.05, 4.69) is 71.8 Å². The minimum atomic E-state index is -5.90. The molecule has 0 aliphatic rings. The minimum Gasteiger partial charge on any atom is -0.450 e. The van der Waals surface area contributed by atoms with Crippen molar-refractivity contribution in [3.05, 3.63) is 118 Å². The fraction of sp³-hybridized carbons (Fsp3) is 0. The number of aromatic nitrogens is 8. The monoisotopic (exact) mass is 1620 g/mol. The number of nitrogens with zero attached hydrogens (tertiary/aromatic N) is 6. The van der Waals surface area contributed by atoms with Gasteiger partial charge in [0, 0.05) is 11.4 Å². The molecule has 4 heterocycles. The molecule has 18 N–H and O–H groups in total. The molecule has 100 heavy (non-hydrogen) atoms. The SMILES string of the molecule is O=P(O)(O)c1cccc(Nc2nc(Cl)nc(Nc3ccc(Nc4ccc5[nH]c6c(Cl)c7oc8c(S(=O)(=O)O)c(Nc9ccc(Nc%10nc(Cl)nc(Nc%11cccc(P(=O)(O)O)c%11)n%10)c(S(=O)(=O)O)c9S(=O)(=O)O)ccc8[nH]c7c(Cl)c6oc5c4S(=O)(=O)O)c(S(=O)(=O)O)c3S(=O)(=O)O)n2)c1. The lowest BCUT2D eigenvalue weighted by Gasteiger charge is -2.19. The standard InChI is InChI=1S/C48H34Cl4N14O26P2S6/c49-29-32-36(92-34-22(58-32)8-10-24(38(34)96(76,77)78)56-26-12-14-28(42(100(88,89)90)40(26)98(82,83)84)60-48-64-44(52)62-46(66-48)54-18-4-2-6-20(16-18)94(70,71)72)30(50)31-35(29)91-33-21(57-31)7-9-23(37(33)95(73,74)75)55-25-11-13-27(41(99(85,86)87)39(25)97(79,80)81)59-47-63-43(51)61-45(65-47)53-17-3-1-5-19(15-17)93(67,68)69/h1-16,55-58H,(H2,67,68,69)(H2,70,71,72)(H,73,74,75)(H,76,77,78)(H,79,80,81)(H,82,83,84)(H,85,86,87)(H,88,89,90)(H2,53,59,61,63,65)(H2,54,60,62,64,66). The van der Waals surface area contributed by atoms with E-state index < -0.39 is 239 Å². The van der Waals surface area contributed by atoms with Gasteiger partial charge in [0.2, 0.25) is 34.4 Å². The summed E-state index contributed by atoms with van der Waals surface area (Å²) in [7, 11) is -44.4. The van der Waals surface area contributed by atoms with Gasteiger partial charge in [-0.05, 0) is 108 Å². The van der Waals surface area contributed by atoms with Crippen LogP contribution in [0.15, 0.2) is 135 Å². The number of H-pyrrole nitrogens is 2. The third kappa shape index (κ3) is 15.1. The van der Waals surface area contributed by atoms with Gasteiger partial charge < -0.3 is 70.3 Å². The van der Waals surface area contributed by atoms with E-state index in [1.807, 2.05) is 0 Å². The molecular formula is C48H34Cl4N14O26P2S6. The van der Waals surface area contributed by atoms with Crippen molar-refractivity contribution < 1.29 is 115 Å². The van der Waals surface area contributed by atoms with E-state index in [9.17, 15) is 107 Å². The van der Waals surface area contributed by atoms with Crippen molar-refractivity contribution in [2.24, 2.45) is 0 Å². The fourth-order valence-electron chi connectivity index (χ4n) is 9.55. The van der Waals surface area contributed by atoms with E-state index in [1.165, 1.54) is 24.3 Å². The Bertz CT molecular complexity index is 5900. The van der Waals surface area contributed by atoms with Crippen LogP contribution in [-0.4, -0.2) is 137 Å². The molecule has 0 saturated heterocycles. The normalized spacial score (nSPS) is 12.9. The Balaban J connectivity index is 0.980. The molecule has 0 unspecified atom stereocenters. The van der Waals surface area contributed by atoms with Crippen LogP contribution in [0.2, 0.25) is 20.6 Å². The average Bonchev–Trinajstić information content (AvgIpc) is 0.726. The third-order valence-corrected chi connectivity index (χ3v) is 22.2. The zero-order chi connectivity index (χ0) is 73.1. The number of benzene rings is 7. The quantitative estimate of drug-likeness (QED) is 0.0196. The van der Waals surface area contributed by atoms with Gasteiger partial charge in [-0.15, -0.1) is 0 Å². The molecule has 0 aliphatic heterocycles. The molecule has 40 nitrogen and oxygen atoms in total. The highest BCUT2D eigenvalue weighted by atomic mass is 35.5. The van der Waals surface area contributed by atoms with Crippen molar-refractivity contribution >= 4 is 247 Å². The van der Waals surface area contributed by atoms with Crippen LogP contribution >= 0.6 is 61.6 Å². The Hall–Kier alpha value is -8.52. The Morgan fingerprint density at radius 3 is 0.910 bits per heavy atom. The molecule has 0 amide bonds. The van der Waals surface area contributed by atoms with E-state index in [4.69, 9.17) is 55.2 Å². The first kappa shape index (κ1) is 72.7. The fourth-order valence-corrected chi connectivity index (χ4v) is 17.4. The molecule has 0 bridgehead atoms. The second-order valence-electron chi connectivity index (χ2n) is 20.1. The van der Waals surface area contributed by atoms with Crippen LogP contribution in [0.4, 0.5) is 69.3 Å². The number of hydrogen-bond donors (Lipinski definition) is 18. The van der Waals surface area contributed by atoms with Gasteiger partial charge in [0.15, 0.2) is 32.1 Å². The molecule has 11 aromatic rings. The van der Waals surface area contributed by atoms with Crippen molar-refractivity contribution in [2.45, 2.75) is 29.4 Å². The van der Waals surface area contributed by atoms with Crippen LogP contribution in [0, 0.1) is 0 Å². The number of nitrogens with one attached hydrogen (secondary N) is 8. The first-order valence-corrected chi connectivity index (χ1v) is 39.4. The van der Waals surface area contributed by atoms with Crippen LogP contribution in [0.25, 0.3) is 44.4 Å². The van der Waals surface area contributed by atoms with Crippen molar-refractivity contribution in [1.29, 1.82) is 0 Å². The zero-order valence-corrected chi connectivity index (χ0v) is 57.5. The number of rotatable bonds is 20. The van der Waals surface area contributed by atoms with E-state index >= 15 is 0 Å². The van der Waals surface area contributed by atoms with E-state index in [0.717, 1.165) is 60.7 Å². The van der Waals surface area contributed by atoms with Gasteiger partial charge in [-0.2, -0.15) is 80.4 Å². The van der Waals surface area contributed by atoms with Gasteiger partial charge in [-0.3, -0.25) is 36.4 Å². The van der Waals surface area contributed by atoms with Gasteiger partial charge in [0.05, 0.1) is 55.8 Å². The second-order valence-corrected chi connectivity index (χ2v) is 32.8. The molecule has 0 fully saturated rings. The Morgan fingerprint density at radius 2 is 0.620 bits per heavy atom. The summed E-state index contributed by atoms with van der Waals surface area (Å²) in [5, 5.41) is 10.9. The predicted octanol–water partition coefficient (Wildman–Crippen LogP) is 7.80. The van der Waals surface area contributed by atoms with Gasteiger partial charge in [-0.25, -0.2) is 0 Å². The number of aromatic amines is 2. The van der Waals surface area contributed by atoms with Crippen LogP contribution in [-0.2, 0) is 69.8 Å². The number of anilines is 12. The van der Waals surface area contributed by atoms with Crippen molar-refractivity contribution in [3.63, 3.8) is 0 Å². The van der Waals surface area contributed by atoms with E-state index in [0.29, 0.717) is 12.1 Å². The summed E-state index contributed by atoms with van der Waals surface area (Å²) in [6.07, 6.45) is 0. The molecule has 0 saturated carbocycles. The van der Waals surface area contributed by atoms with Crippen LogP contribution < -0.4 is 42.5 Å². The molecular weight excluding hydrogens is 1580 g/mol. The summed E-state index contributed by atoms with van der Waals surface area (Å²) in [5.74, 6) is -2.33. The van der Waals surface area contributed by atoms with E-state index in [1.54, 1.807) is 0 Å². The smallest absolute Gasteiger partial charge is 0.356 e. The van der Waals surface area contributed by atoms with Gasteiger partial charge in [0.1, 0.15) is 40.7 Å². The topological polar surface area (TPSA) is 649 Å². The maximum atomic E-state index is 13.5. The minimum absolute atomic E-state index is 0.0212. The number of halogens is 4. The van der Waals surface area contributed by atoms with Crippen LogP contribution in [0.3, 0.4) is 0 Å². The van der Waals surface area contributed by atoms with Crippen molar-refractivity contribution in [1.82, 2.24) is 39.9 Å². The van der Waals surface area contributed by atoms with Crippen molar-refractivity contribution in [3.8, 4) is 0 Å². The Morgan fingerprint density at radius 1 is 0.350 bits per heavy atom. The average molecular weight is 1620 g/mol. The molecule has 526 valence electrons. The first-order chi connectivity index (χ1) is 46.2. The summed E-state index contributed by atoms with van der Waals surface area (Å²) in [6.45, 7) is 0. The van der Waals surface area contributed by atoms with Gasteiger partial charge >= 0.3 is 15.2 Å². The summed E-state index contributed by atoms with van der Waals surface area (Å²) in [6, 6.07) is 15.8. The maximum Gasteiger partial charge on any atom is 0.356 e. The molecule has 0 atom stereocenters. The third-order valence-electron chi connectivity index (χ3n) is 13.3. The highest BCUT2D eigenvalue weighted by molar-refractivity contribution is 7.90. The molecule has 0 aliphatic carbocycles. The first-order valence-electron chi connectivity index (χ1n) is 26.0. The molecule has 4 aromatic heterocycles. The lowest BCUT2D eigenvalue weighted by Crippen LogP contribution is -2.15. The van der Waals surface area contributed by atoms with Gasteiger partial charge in [-0.1, -0.05) is 35.3 Å². The molecule has 0 spiro atoms. The largest absolute Gasteiger partial charge is 0.450 e. The predicted molar refractivity (Wildman–Crippen MR) is 355 cm³/mol. The van der Waals surface area contributed by atoms with Crippen LogP contribution in [0.1, 0.15) is 0 Å². The Labute approximate surface area is 576 Å². The zero-order valence-electron chi connectivity index (χ0n) is 47.8. The lowest BCUT2D eigenvalue weighted by molar-refractivity contribution is 0.385. The molecule has 7 aromatic carbocycles. The summed E-state index contributed by atoms with van der Waals surface area (Å²) >= 11 is 25.9. The lowest BCUT2D eigenvalue weighted by atomic mass is 10.2. The Kier molecular flexibility index (Phi) is 18.8. The number of fused-ring (bicyclic) bond motifs is 4. The summed E-state index contributed by atoms with van der Waals surface area (Å²) < 4.78 is 259. The number of hydrogen-bond acceptors (Lipinski definition) is 28. The second kappa shape index (κ2) is 25.8. The highest BCUT2D eigenvalue weighted by Crippen LogP contribution is 2.47. The van der Waals surface area contributed by atoms with Crippen LogP contribution in [0.5, 0.6) is 0 Å². The molecule has 11 rings (SSSR count). The molecule has 52 heteroatoms. The van der Waals surface area contributed by atoms with Crippen molar-refractivity contribution in [2.75, 3.05) is 31.9 Å². The molecule has 0 radical (unpaired) electrons. The maximum absolute atomic E-state index is 13.5. The highest BCUT2D eigenvalue weighted by Gasteiger charge is 2.36. The van der Waals surface area contributed by atoms with E-state index in [-0.39, 0.29) is 11.4 Å². The van der Waals surface area contributed by atoms with Gasteiger partial charge in [0.25, 0.3) is 60.7 Å². The summed E-state index contributed by atoms with van der Waals surface area (Å²) in [5.41, 5.74) is -10.5.